The van der Waals surface area contributed by atoms with Gasteiger partial charge in [0.25, 0.3) is 0 Å². The normalized spacial score (nSPS) is 11.7. The number of rotatable bonds is 5. The highest BCUT2D eigenvalue weighted by atomic mass is 35.5. The molecule has 0 spiro atoms. The largest absolute Gasteiger partial charge is 0.494 e. The second-order valence-corrected chi connectivity index (χ2v) is 3.19. The van der Waals surface area contributed by atoms with Crippen LogP contribution >= 0.6 is 12.4 Å². The van der Waals surface area contributed by atoms with E-state index < -0.39 is 0 Å². The Morgan fingerprint density at radius 3 is 2.33 bits per heavy atom. The topological polar surface area (TPSA) is 61.3 Å². The van der Waals surface area contributed by atoms with Crippen molar-refractivity contribution >= 4 is 12.4 Å². The predicted molar refractivity (Wildman–Crippen MR) is 65.5 cm³/mol. The van der Waals surface area contributed by atoms with Gasteiger partial charge in [-0.2, -0.15) is 0 Å². The third-order valence-corrected chi connectivity index (χ3v) is 2.10. The summed E-state index contributed by atoms with van der Waals surface area (Å²) >= 11 is 0. The maximum absolute atomic E-state index is 5.91. The number of halogens is 1. The third-order valence-electron chi connectivity index (χ3n) is 2.10. The highest BCUT2D eigenvalue weighted by molar-refractivity contribution is 5.85. The van der Waals surface area contributed by atoms with Crippen molar-refractivity contribution in [1.82, 2.24) is 0 Å². The molecule has 1 aromatic rings. The van der Waals surface area contributed by atoms with E-state index >= 15 is 0 Å². The van der Waals surface area contributed by atoms with Crippen LogP contribution in [0.2, 0.25) is 0 Å². The first-order valence-electron chi connectivity index (χ1n) is 4.96. The number of nitrogens with two attached hydrogens (primary N) is 2. The Morgan fingerprint density at radius 1 is 1.27 bits per heavy atom. The van der Waals surface area contributed by atoms with Crippen LogP contribution in [-0.4, -0.2) is 13.2 Å². The molecule has 0 aliphatic carbocycles. The lowest BCUT2D eigenvalue weighted by Gasteiger charge is -2.11. The molecule has 4 heteroatoms. The minimum Gasteiger partial charge on any atom is -0.494 e. The van der Waals surface area contributed by atoms with Crippen LogP contribution in [0.4, 0.5) is 0 Å². The summed E-state index contributed by atoms with van der Waals surface area (Å²) in [6.07, 6.45) is 0.813. The predicted octanol–water partition coefficient (Wildman–Crippen LogP) is 1.86. The van der Waals surface area contributed by atoms with Crippen molar-refractivity contribution < 1.29 is 4.74 Å². The van der Waals surface area contributed by atoms with Gasteiger partial charge < -0.3 is 16.2 Å². The molecule has 0 aliphatic rings. The summed E-state index contributed by atoms with van der Waals surface area (Å²) < 4.78 is 5.34. The lowest BCUT2D eigenvalue weighted by Crippen LogP contribution is -2.15. The summed E-state index contributed by atoms with van der Waals surface area (Å²) in [5, 5.41) is 0. The maximum atomic E-state index is 5.91. The first-order valence-corrected chi connectivity index (χ1v) is 4.96. The van der Waals surface area contributed by atoms with Crippen molar-refractivity contribution in [3.05, 3.63) is 29.8 Å². The van der Waals surface area contributed by atoms with E-state index in [0.717, 1.165) is 17.7 Å². The molecular weight excluding hydrogens is 212 g/mol. The van der Waals surface area contributed by atoms with Crippen LogP contribution in [0.1, 0.15) is 24.9 Å². The molecule has 0 unspecified atom stereocenters. The van der Waals surface area contributed by atoms with Gasteiger partial charge in [-0.05, 0) is 37.6 Å². The molecule has 0 amide bonds. The molecule has 0 aliphatic heterocycles. The Hall–Kier alpha value is -0.770. The Kier molecular flexibility index (Phi) is 7.13. The van der Waals surface area contributed by atoms with Gasteiger partial charge in [0.05, 0.1) is 6.61 Å². The van der Waals surface area contributed by atoms with Gasteiger partial charge in [-0.3, -0.25) is 0 Å². The van der Waals surface area contributed by atoms with Crippen LogP contribution in [0.15, 0.2) is 24.3 Å². The van der Waals surface area contributed by atoms with Gasteiger partial charge in [-0.1, -0.05) is 12.1 Å². The molecule has 0 radical (unpaired) electrons. The number of ether oxygens (including phenoxy) is 1. The van der Waals surface area contributed by atoms with Crippen molar-refractivity contribution in [3.63, 3.8) is 0 Å². The first-order chi connectivity index (χ1) is 6.77. The fourth-order valence-electron chi connectivity index (χ4n) is 1.32. The molecule has 0 saturated carbocycles. The Morgan fingerprint density at radius 2 is 1.87 bits per heavy atom. The molecule has 0 heterocycles. The molecule has 3 nitrogen and oxygen atoms in total. The van der Waals surface area contributed by atoms with Crippen molar-refractivity contribution in [2.75, 3.05) is 13.2 Å². The monoisotopic (exact) mass is 230 g/mol. The zero-order valence-corrected chi connectivity index (χ0v) is 9.80. The quantitative estimate of drug-likeness (QED) is 0.812. The molecule has 0 saturated heterocycles. The van der Waals surface area contributed by atoms with E-state index in [4.69, 9.17) is 16.2 Å². The van der Waals surface area contributed by atoms with Crippen molar-refractivity contribution in [2.24, 2.45) is 11.5 Å². The third kappa shape index (κ3) is 4.51. The Labute approximate surface area is 97.2 Å². The van der Waals surface area contributed by atoms with Gasteiger partial charge in [0, 0.05) is 6.04 Å². The van der Waals surface area contributed by atoms with E-state index in [9.17, 15) is 0 Å². The molecule has 1 rings (SSSR count). The molecule has 15 heavy (non-hydrogen) atoms. The van der Waals surface area contributed by atoms with Gasteiger partial charge in [-0.15, -0.1) is 12.4 Å². The molecule has 4 N–H and O–H groups in total. The second kappa shape index (κ2) is 7.51. The van der Waals surface area contributed by atoms with E-state index in [2.05, 4.69) is 0 Å². The zero-order chi connectivity index (χ0) is 10.4. The van der Waals surface area contributed by atoms with Crippen LogP contribution in [-0.2, 0) is 0 Å². The minimum absolute atomic E-state index is 0. The number of hydrogen-bond acceptors (Lipinski definition) is 3. The zero-order valence-electron chi connectivity index (χ0n) is 8.98. The maximum Gasteiger partial charge on any atom is 0.119 e. The average molecular weight is 231 g/mol. The molecule has 86 valence electrons. The smallest absolute Gasteiger partial charge is 0.119 e. The van der Waals surface area contributed by atoms with E-state index in [1.165, 1.54) is 0 Å². The Balaban J connectivity index is 0.00000196. The summed E-state index contributed by atoms with van der Waals surface area (Å²) in [5.41, 5.74) is 12.5. The Bertz CT molecular complexity index is 264. The fraction of sp³-hybridized carbons (Fsp3) is 0.455. The van der Waals surface area contributed by atoms with Gasteiger partial charge >= 0.3 is 0 Å². The summed E-state index contributed by atoms with van der Waals surface area (Å²) in [6, 6.07) is 7.90. The van der Waals surface area contributed by atoms with E-state index in [-0.39, 0.29) is 18.4 Å². The number of benzene rings is 1. The highest BCUT2D eigenvalue weighted by Crippen LogP contribution is 2.17. The average Bonchev–Trinajstić information content (AvgIpc) is 2.20. The van der Waals surface area contributed by atoms with Crippen LogP contribution < -0.4 is 16.2 Å². The van der Waals surface area contributed by atoms with E-state index in [0.29, 0.717) is 13.2 Å². The van der Waals surface area contributed by atoms with Crippen LogP contribution in [0, 0.1) is 0 Å². The lowest BCUT2D eigenvalue weighted by atomic mass is 10.1. The summed E-state index contributed by atoms with van der Waals surface area (Å²) in [4.78, 5) is 0. The van der Waals surface area contributed by atoms with Gasteiger partial charge in [-0.25, -0.2) is 0 Å². The van der Waals surface area contributed by atoms with Crippen LogP contribution in [0.5, 0.6) is 5.75 Å². The highest BCUT2D eigenvalue weighted by Gasteiger charge is 2.04. The molecule has 0 bridgehead atoms. The lowest BCUT2D eigenvalue weighted by molar-refractivity contribution is 0.340. The summed E-state index contributed by atoms with van der Waals surface area (Å²) in [7, 11) is 0. The van der Waals surface area contributed by atoms with Crippen molar-refractivity contribution in [3.8, 4) is 5.75 Å². The molecule has 1 aromatic carbocycles. The van der Waals surface area contributed by atoms with Crippen LogP contribution in [0.3, 0.4) is 0 Å². The van der Waals surface area contributed by atoms with Gasteiger partial charge in [0.15, 0.2) is 0 Å². The van der Waals surface area contributed by atoms with Gasteiger partial charge in [0.2, 0.25) is 0 Å². The molecular formula is C11H19ClN2O. The van der Waals surface area contributed by atoms with Crippen LogP contribution in [0.25, 0.3) is 0 Å². The molecule has 0 fully saturated rings. The first kappa shape index (κ1) is 14.2. The van der Waals surface area contributed by atoms with E-state index in [1.807, 2.05) is 31.2 Å². The summed E-state index contributed by atoms with van der Waals surface area (Å²) in [6.45, 7) is 3.27. The molecule has 0 aromatic heterocycles. The fourth-order valence-corrected chi connectivity index (χ4v) is 1.32. The summed E-state index contributed by atoms with van der Waals surface area (Å²) in [5.74, 6) is 0.885. The van der Waals surface area contributed by atoms with Gasteiger partial charge in [0.1, 0.15) is 5.75 Å². The van der Waals surface area contributed by atoms with Crippen molar-refractivity contribution in [2.45, 2.75) is 19.4 Å². The number of hydrogen-bond donors (Lipinski definition) is 2. The molecule has 1 atom stereocenters. The second-order valence-electron chi connectivity index (χ2n) is 3.19. The van der Waals surface area contributed by atoms with Crippen molar-refractivity contribution in [1.29, 1.82) is 0 Å². The standard InChI is InChI=1S/C11H18N2O.ClH/c1-2-14-10-5-3-9(4-6-10)11(13)7-8-12;/h3-6,11H,2,7-8,12-13H2,1H3;1H/t11-;/m0./s1. The minimum atomic E-state index is 0. The van der Waals surface area contributed by atoms with E-state index in [1.54, 1.807) is 0 Å². The SMILES string of the molecule is CCOc1ccc([C@@H](N)CCN)cc1.Cl.